The largest absolute Gasteiger partial charge is 0.469 e. The summed E-state index contributed by atoms with van der Waals surface area (Å²) >= 11 is 1.33. The molecule has 2 atom stereocenters. The number of carbonyl (C=O) groups is 2. The maximum absolute atomic E-state index is 12.7. The van der Waals surface area contributed by atoms with Gasteiger partial charge in [-0.25, -0.2) is 4.98 Å². The van der Waals surface area contributed by atoms with Crippen molar-refractivity contribution in [3.63, 3.8) is 0 Å². The fourth-order valence-electron chi connectivity index (χ4n) is 4.06. The van der Waals surface area contributed by atoms with E-state index in [1.807, 2.05) is 17.3 Å². The molecule has 2 unspecified atom stereocenters. The van der Waals surface area contributed by atoms with Gasteiger partial charge < -0.3 is 14.6 Å². The van der Waals surface area contributed by atoms with E-state index in [1.54, 1.807) is 13.0 Å². The maximum atomic E-state index is 12.7. The quantitative estimate of drug-likeness (QED) is 0.713. The van der Waals surface area contributed by atoms with Gasteiger partial charge in [0.1, 0.15) is 5.76 Å². The van der Waals surface area contributed by atoms with Crippen LogP contribution < -0.4 is 10.6 Å². The number of hydrogen-bond donors (Lipinski definition) is 2. The van der Waals surface area contributed by atoms with Crippen LogP contribution in [-0.2, 0) is 11.2 Å². The van der Waals surface area contributed by atoms with Crippen LogP contribution in [-0.4, -0.2) is 46.9 Å². The summed E-state index contributed by atoms with van der Waals surface area (Å²) in [6.45, 7) is 1.74. The second-order valence-corrected chi connectivity index (χ2v) is 8.29. The molecule has 160 valence electrons. The van der Waals surface area contributed by atoms with Crippen molar-refractivity contribution >= 4 is 53.1 Å². The molecule has 0 spiro atoms. The van der Waals surface area contributed by atoms with Gasteiger partial charge in [-0.05, 0) is 38.7 Å². The number of fused-ring (bicyclic) bond motifs is 2. The van der Waals surface area contributed by atoms with E-state index in [1.165, 1.54) is 30.4 Å². The molecule has 2 aromatic heterocycles. The van der Waals surface area contributed by atoms with Crippen molar-refractivity contribution in [1.82, 2.24) is 15.2 Å². The Morgan fingerprint density at radius 2 is 2.00 bits per heavy atom. The van der Waals surface area contributed by atoms with Crippen LogP contribution in [0.25, 0.3) is 0 Å². The first kappa shape index (κ1) is 23.7. The summed E-state index contributed by atoms with van der Waals surface area (Å²) in [7, 11) is 1.90. The molecule has 2 N–H and O–H groups in total. The minimum atomic E-state index is -0.254. The Labute approximate surface area is 186 Å². The maximum Gasteiger partial charge on any atom is 0.260 e. The van der Waals surface area contributed by atoms with Crippen molar-refractivity contribution in [3.8, 4) is 0 Å². The van der Waals surface area contributed by atoms with E-state index < -0.39 is 0 Å². The monoisotopic (exact) mass is 460 g/mol. The number of nitrogens with zero attached hydrogens (tertiary/aromatic N) is 2. The number of nitrogens with one attached hydrogen (secondary N) is 2. The number of carbonyl (C=O) groups excluding carboxylic acids is 2. The van der Waals surface area contributed by atoms with Crippen LogP contribution in [0.3, 0.4) is 0 Å². The van der Waals surface area contributed by atoms with E-state index in [0.717, 1.165) is 12.8 Å². The van der Waals surface area contributed by atoms with Gasteiger partial charge in [0.25, 0.3) is 5.91 Å². The molecule has 2 aliphatic heterocycles. The SMILES string of the molecule is Cc1occc1C(=O)Nc1nc(CC(=O)N(C)C2CC3CCC(C2)N3)cs1.Cl.Cl. The molecule has 29 heavy (non-hydrogen) atoms. The minimum absolute atomic E-state index is 0. The predicted molar refractivity (Wildman–Crippen MR) is 117 cm³/mol. The number of hydrogen-bond acceptors (Lipinski definition) is 6. The summed E-state index contributed by atoms with van der Waals surface area (Å²) in [5, 5.41) is 8.69. The molecule has 2 saturated heterocycles. The summed E-state index contributed by atoms with van der Waals surface area (Å²) in [6, 6.07) is 3.04. The van der Waals surface area contributed by atoms with Crippen molar-refractivity contribution in [3.05, 3.63) is 34.7 Å². The zero-order valence-corrected chi connectivity index (χ0v) is 18.8. The molecule has 2 bridgehead atoms. The van der Waals surface area contributed by atoms with Crippen molar-refractivity contribution in [2.75, 3.05) is 12.4 Å². The summed E-state index contributed by atoms with van der Waals surface area (Å²) in [6.07, 6.45) is 6.23. The Morgan fingerprint density at radius 1 is 1.31 bits per heavy atom. The summed E-state index contributed by atoms with van der Waals surface area (Å²) in [5.41, 5.74) is 1.18. The topological polar surface area (TPSA) is 87.5 Å². The lowest BCUT2D eigenvalue weighted by atomic mass is 9.98. The lowest BCUT2D eigenvalue weighted by Gasteiger charge is -2.35. The molecule has 10 heteroatoms. The van der Waals surface area contributed by atoms with Gasteiger partial charge in [0.05, 0.1) is 23.9 Å². The smallest absolute Gasteiger partial charge is 0.260 e. The van der Waals surface area contributed by atoms with Crippen LogP contribution in [0.4, 0.5) is 5.13 Å². The van der Waals surface area contributed by atoms with Crippen LogP contribution >= 0.6 is 36.2 Å². The molecule has 4 rings (SSSR count). The summed E-state index contributed by atoms with van der Waals surface area (Å²) < 4.78 is 5.15. The summed E-state index contributed by atoms with van der Waals surface area (Å²) in [4.78, 5) is 31.2. The van der Waals surface area contributed by atoms with E-state index in [-0.39, 0.29) is 43.0 Å². The highest BCUT2D eigenvalue weighted by atomic mass is 35.5. The van der Waals surface area contributed by atoms with E-state index in [2.05, 4.69) is 15.6 Å². The number of aromatic nitrogens is 1. The molecule has 2 amide bonds. The molecule has 0 aromatic carbocycles. The minimum Gasteiger partial charge on any atom is -0.469 e. The first-order valence-electron chi connectivity index (χ1n) is 9.31. The van der Waals surface area contributed by atoms with E-state index in [4.69, 9.17) is 4.42 Å². The van der Waals surface area contributed by atoms with Crippen LogP contribution in [0.1, 0.15) is 47.5 Å². The van der Waals surface area contributed by atoms with Crippen molar-refractivity contribution in [2.24, 2.45) is 0 Å². The van der Waals surface area contributed by atoms with E-state index in [9.17, 15) is 9.59 Å². The van der Waals surface area contributed by atoms with E-state index >= 15 is 0 Å². The number of furan rings is 1. The highest BCUT2D eigenvalue weighted by molar-refractivity contribution is 7.14. The highest BCUT2D eigenvalue weighted by Crippen LogP contribution is 2.29. The van der Waals surface area contributed by atoms with E-state index in [0.29, 0.717) is 40.3 Å². The van der Waals surface area contributed by atoms with Crippen LogP contribution in [0.15, 0.2) is 22.1 Å². The number of amides is 2. The zero-order chi connectivity index (χ0) is 19.0. The van der Waals surface area contributed by atoms with Gasteiger partial charge in [-0.15, -0.1) is 36.2 Å². The van der Waals surface area contributed by atoms with Gasteiger partial charge in [0.15, 0.2) is 5.13 Å². The number of likely N-dealkylation sites (N-methyl/N-ethyl adjacent to an activating group) is 1. The Kier molecular flexibility index (Phi) is 8.10. The van der Waals surface area contributed by atoms with Gasteiger partial charge in [0, 0.05) is 30.6 Å². The average molecular weight is 461 g/mol. The molecule has 0 radical (unpaired) electrons. The number of aryl methyl sites for hydroxylation is 1. The van der Waals surface area contributed by atoms with Gasteiger partial charge in [-0.1, -0.05) is 0 Å². The number of rotatable bonds is 5. The van der Waals surface area contributed by atoms with Crippen molar-refractivity contribution in [1.29, 1.82) is 0 Å². The first-order chi connectivity index (χ1) is 13.0. The lowest BCUT2D eigenvalue weighted by molar-refractivity contribution is -0.132. The fraction of sp³-hybridized carbons (Fsp3) is 0.526. The van der Waals surface area contributed by atoms with Gasteiger partial charge in [-0.2, -0.15) is 0 Å². The molecule has 4 heterocycles. The second kappa shape index (κ2) is 9.93. The lowest BCUT2D eigenvalue weighted by Crippen LogP contribution is -2.49. The van der Waals surface area contributed by atoms with Crippen LogP contribution in [0.2, 0.25) is 0 Å². The number of anilines is 1. The number of piperidine rings is 1. The number of halogens is 2. The third-order valence-corrected chi connectivity index (χ3v) is 6.40. The molecule has 7 nitrogen and oxygen atoms in total. The normalized spacial score (nSPS) is 22.3. The molecule has 0 aliphatic carbocycles. The van der Waals surface area contributed by atoms with Crippen molar-refractivity contribution in [2.45, 2.75) is 57.2 Å². The molecule has 0 saturated carbocycles. The second-order valence-electron chi connectivity index (χ2n) is 7.43. The molecule has 2 fully saturated rings. The molecular formula is C19H26Cl2N4O3S. The first-order valence-corrected chi connectivity index (χ1v) is 10.2. The molecule has 2 aromatic rings. The Balaban J connectivity index is 0.00000150. The standard InChI is InChI=1S/C19H24N4O3S.2ClH/c1-11-16(5-6-26-11)18(25)22-19-21-14(10-27-19)9-17(24)23(2)15-7-12-3-4-13(8-15)20-12;;/h5-6,10,12-13,15,20H,3-4,7-9H2,1-2H3,(H,21,22,25);2*1H. The highest BCUT2D eigenvalue weighted by Gasteiger charge is 2.36. The zero-order valence-electron chi connectivity index (χ0n) is 16.3. The van der Waals surface area contributed by atoms with Crippen LogP contribution in [0, 0.1) is 6.92 Å². The third-order valence-electron chi connectivity index (χ3n) is 5.60. The Morgan fingerprint density at radius 3 is 2.62 bits per heavy atom. The van der Waals surface area contributed by atoms with Crippen LogP contribution in [0.5, 0.6) is 0 Å². The van der Waals surface area contributed by atoms with Crippen molar-refractivity contribution < 1.29 is 14.0 Å². The predicted octanol–water partition coefficient (Wildman–Crippen LogP) is 3.42. The molecular weight excluding hydrogens is 435 g/mol. The van der Waals surface area contributed by atoms with Gasteiger partial charge in [-0.3, -0.25) is 14.9 Å². The third kappa shape index (κ3) is 5.31. The fourth-order valence-corrected chi connectivity index (χ4v) is 4.76. The number of thiazole rings is 1. The Bertz CT molecular complexity index is 844. The summed E-state index contributed by atoms with van der Waals surface area (Å²) in [5.74, 6) is 0.392. The average Bonchev–Trinajstić information content (AvgIpc) is 3.35. The molecule has 2 aliphatic rings. The Hall–Kier alpha value is -1.61. The van der Waals surface area contributed by atoms with Gasteiger partial charge in [0.2, 0.25) is 5.91 Å². The van der Waals surface area contributed by atoms with Gasteiger partial charge >= 0.3 is 0 Å².